The van der Waals surface area contributed by atoms with Gasteiger partial charge in [0.05, 0.1) is 12.3 Å². The quantitative estimate of drug-likeness (QED) is 0.401. The van der Waals surface area contributed by atoms with Crippen molar-refractivity contribution < 1.29 is 9.53 Å². The number of rotatable bonds is 8. The van der Waals surface area contributed by atoms with Crippen LogP contribution in [0.15, 0.2) is 35.3 Å². The standard InChI is InChI=1S/C21H30N6O2/c1-2-29-19(28)14-23-13-18(11-22)25-21-24-12-17-9-10-27(20(17)26-21)15-16-7-5-3-4-6-8-16/h9-13,16H,2-8,14-15,22H2,1H3,(H,24,25,26)/b18-11+,23-13?. The number of anilines is 1. The molecule has 8 heteroatoms. The average molecular weight is 399 g/mol. The molecule has 2 aromatic rings. The maximum absolute atomic E-state index is 11.4. The van der Waals surface area contributed by atoms with Crippen molar-refractivity contribution in [1.82, 2.24) is 14.5 Å². The third-order valence-electron chi connectivity index (χ3n) is 5.12. The molecule has 0 radical (unpaired) electrons. The van der Waals surface area contributed by atoms with Gasteiger partial charge in [-0.2, -0.15) is 4.98 Å². The first-order chi connectivity index (χ1) is 14.2. The highest BCUT2D eigenvalue weighted by Gasteiger charge is 2.15. The third-order valence-corrected chi connectivity index (χ3v) is 5.12. The van der Waals surface area contributed by atoms with E-state index >= 15 is 0 Å². The fourth-order valence-electron chi connectivity index (χ4n) is 3.67. The Hall–Kier alpha value is -2.90. The molecule has 1 aliphatic rings. The second kappa shape index (κ2) is 10.6. The molecule has 0 spiro atoms. The first-order valence-corrected chi connectivity index (χ1v) is 10.4. The zero-order chi connectivity index (χ0) is 20.5. The molecule has 8 nitrogen and oxygen atoms in total. The molecule has 0 amide bonds. The molecular weight excluding hydrogens is 368 g/mol. The van der Waals surface area contributed by atoms with E-state index in [9.17, 15) is 4.79 Å². The smallest absolute Gasteiger partial charge is 0.327 e. The van der Waals surface area contributed by atoms with Crippen LogP contribution >= 0.6 is 0 Å². The Kier molecular flexibility index (Phi) is 7.61. The van der Waals surface area contributed by atoms with Crippen molar-refractivity contribution in [2.45, 2.75) is 52.0 Å². The lowest BCUT2D eigenvalue weighted by Crippen LogP contribution is -2.12. The van der Waals surface area contributed by atoms with Crippen LogP contribution in [0.1, 0.15) is 45.4 Å². The van der Waals surface area contributed by atoms with Gasteiger partial charge in [-0.05, 0) is 31.7 Å². The summed E-state index contributed by atoms with van der Waals surface area (Å²) >= 11 is 0. The number of nitrogens with one attached hydrogen (secondary N) is 1. The molecule has 3 N–H and O–H groups in total. The minimum atomic E-state index is -0.380. The summed E-state index contributed by atoms with van der Waals surface area (Å²) in [5, 5.41) is 4.07. The maximum Gasteiger partial charge on any atom is 0.327 e. The van der Waals surface area contributed by atoms with Crippen molar-refractivity contribution in [2.75, 3.05) is 18.5 Å². The van der Waals surface area contributed by atoms with Crippen LogP contribution in [0.3, 0.4) is 0 Å². The van der Waals surface area contributed by atoms with E-state index in [4.69, 9.17) is 10.5 Å². The number of aliphatic imine (C=N–C) groups is 1. The van der Waals surface area contributed by atoms with Gasteiger partial charge in [0.2, 0.25) is 5.95 Å². The number of carbonyl (C=O) groups excluding carboxylic acids is 1. The molecule has 2 heterocycles. The van der Waals surface area contributed by atoms with E-state index in [1.54, 1.807) is 13.1 Å². The van der Waals surface area contributed by atoms with E-state index in [0.717, 1.165) is 17.6 Å². The fraction of sp³-hybridized carbons (Fsp3) is 0.524. The number of nitrogens with zero attached hydrogens (tertiary/aromatic N) is 4. The van der Waals surface area contributed by atoms with E-state index in [1.165, 1.54) is 50.9 Å². The molecule has 0 atom stereocenters. The molecule has 156 valence electrons. The van der Waals surface area contributed by atoms with E-state index in [1.807, 2.05) is 0 Å². The summed E-state index contributed by atoms with van der Waals surface area (Å²) in [6, 6.07) is 2.05. The van der Waals surface area contributed by atoms with Gasteiger partial charge in [-0.15, -0.1) is 0 Å². The second-order valence-electron chi connectivity index (χ2n) is 7.32. The van der Waals surface area contributed by atoms with Crippen LogP contribution in [0.5, 0.6) is 0 Å². The van der Waals surface area contributed by atoms with Crippen LogP contribution in [0.25, 0.3) is 11.0 Å². The summed E-state index contributed by atoms with van der Waals surface area (Å²) in [4.78, 5) is 24.5. The normalized spacial score (nSPS) is 16.2. The van der Waals surface area contributed by atoms with Crippen LogP contribution in [-0.4, -0.2) is 39.9 Å². The predicted molar refractivity (Wildman–Crippen MR) is 115 cm³/mol. The summed E-state index contributed by atoms with van der Waals surface area (Å²) < 4.78 is 7.07. The van der Waals surface area contributed by atoms with E-state index in [0.29, 0.717) is 24.2 Å². The Balaban J connectivity index is 1.68. The van der Waals surface area contributed by atoms with Crippen molar-refractivity contribution in [3.63, 3.8) is 0 Å². The van der Waals surface area contributed by atoms with Gasteiger partial charge in [0.15, 0.2) is 0 Å². The Morgan fingerprint density at radius 2 is 2.17 bits per heavy atom. The number of ether oxygens (including phenoxy) is 1. The summed E-state index contributed by atoms with van der Waals surface area (Å²) in [5.74, 6) is 0.765. The number of nitrogens with two attached hydrogens (primary N) is 1. The number of aromatic nitrogens is 3. The molecule has 0 aliphatic heterocycles. The summed E-state index contributed by atoms with van der Waals surface area (Å²) in [7, 11) is 0. The van der Waals surface area contributed by atoms with Crippen molar-refractivity contribution in [1.29, 1.82) is 0 Å². The Morgan fingerprint density at radius 1 is 1.38 bits per heavy atom. The Morgan fingerprint density at radius 3 is 2.90 bits per heavy atom. The molecule has 1 aliphatic carbocycles. The topological polar surface area (TPSA) is 107 Å². The van der Waals surface area contributed by atoms with Gasteiger partial charge in [0.1, 0.15) is 12.2 Å². The van der Waals surface area contributed by atoms with Gasteiger partial charge in [0.25, 0.3) is 0 Å². The Labute approximate surface area is 171 Å². The second-order valence-corrected chi connectivity index (χ2v) is 7.32. The van der Waals surface area contributed by atoms with Crippen molar-refractivity contribution in [3.8, 4) is 0 Å². The fourth-order valence-corrected chi connectivity index (χ4v) is 3.67. The number of hydrogen-bond donors (Lipinski definition) is 2. The van der Waals surface area contributed by atoms with Gasteiger partial charge in [-0.1, -0.05) is 25.7 Å². The average Bonchev–Trinajstić information content (AvgIpc) is 2.93. The van der Waals surface area contributed by atoms with Crippen molar-refractivity contribution in [2.24, 2.45) is 16.6 Å². The maximum atomic E-state index is 11.4. The van der Waals surface area contributed by atoms with Gasteiger partial charge in [-0.25, -0.2) is 4.98 Å². The van der Waals surface area contributed by atoms with Crippen molar-refractivity contribution in [3.05, 3.63) is 30.4 Å². The van der Waals surface area contributed by atoms with Gasteiger partial charge in [-0.3, -0.25) is 9.79 Å². The molecule has 0 unspecified atom stereocenters. The summed E-state index contributed by atoms with van der Waals surface area (Å²) in [5.41, 5.74) is 7.08. The monoisotopic (exact) mass is 398 g/mol. The molecule has 0 bridgehead atoms. The highest BCUT2D eigenvalue weighted by molar-refractivity contribution is 5.85. The molecule has 0 saturated heterocycles. The zero-order valence-electron chi connectivity index (χ0n) is 17.0. The number of esters is 1. The van der Waals surface area contributed by atoms with Crippen LogP contribution in [-0.2, 0) is 16.1 Å². The first kappa shape index (κ1) is 20.8. The van der Waals surface area contributed by atoms with Crippen LogP contribution in [0.2, 0.25) is 0 Å². The number of hydrogen-bond acceptors (Lipinski definition) is 7. The lowest BCUT2D eigenvalue weighted by atomic mass is 10.0. The van der Waals surface area contributed by atoms with Gasteiger partial charge >= 0.3 is 5.97 Å². The molecular formula is C21H30N6O2. The van der Waals surface area contributed by atoms with E-state index in [-0.39, 0.29) is 12.5 Å². The molecule has 2 aromatic heterocycles. The molecule has 1 saturated carbocycles. The highest BCUT2D eigenvalue weighted by atomic mass is 16.5. The lowest BCUT2D eigenvalue weighted by molar-refractivity contribution is -0.141. The summed E-state index contributed by atoms with van der Waals surface area (Å²) in [6.07, 6.45) is 14.7. The van der Waals surface area contributed by atoms with Gasteiger partial charge < -0.3 is 20.4 Å². The van der Waals surface area contributed by atoms with E-state index < -0.39 is 0 Å². The minimum Gasteiger partial charge on any atom is -0.465 e. The largest absolute Gasteiger partial charge is 0.465 e. The van der Waals surface area contributed by atoms with Crippen LogP contribution in [0.4, 0.5) is 5.95 Å². The summed E-state index contributed by atoms with van der Waals surface area (Å²) in [6.45, 7) is 3.02. The molecule has 3 rings (SSSR count). The molecule has 1 fully saturated rings. The molecule has 0 aromatic carbocycles. The van der Waals surface area contributed by atoms with Gasteiger partial charge in [0, 0.05) is 36.7 Å². The third kappa shape index (κ3) is 6.04. The number of fused-ring (bicyclic) bond motifs is 1. The molecule has 29 heavy (non-hydrogen) atoms. The SMILES string of the molecule is CCOC(=O)CN=C/C(=C\N)Nc1ncc2ccn(CC3CCCCCC3)c2n1. The van der Waals surface area contributed by atoms with Crippen LogP contribution in [0, 0.1) is 5.92 Å². The van der Waals surface area contributed by atoms with E-state index in [2.05, 4.69) is 37.1 Å². The Bertz CT molecular complexity index is 865. The van der Waals surface area contributed by atoms with Crippen molar-refractivity contribution >= 4 is 29.2 Å². The number of carbonyl (C=O) groups is 1. The number of allylic oxidation sites excluding steroid dienone is 1. The lowest BCUT2D eigenvalue weighted by Gasteiger charge is -2.15. The first-order valence-electron chi connectivity index (χ1n) is 10.4. The minimum absolute atomic E-state index is 0.0585. The van der Waals surface area contributed by atoms with Crippen LogP contribution < -0.4 is 11.1 Å². The highest BCUT2D eigenvalue weighted by Crippen LogP contribution is 2.26. The predicted octanol–water partition coefficient (Wildman–Crippen LogP) is 3.25. The zero-order valence-corrected chi connectivity index (χ0v) is 17.0.